The zero-order valence-corrected chi connectivity index (χ0v) is 8.01. The van der Waals surface area contributed by atoms with Gasteiger partial charge in [0.15, 0.2) is 0 Å². The van der Waals surface area contributed by atoms with Gasteiger partial charge >= 0.3 is 0 Å². The summed E-state index contributed by atoms with van der Waals surface area (Å²) in [5, 5.41) is 18.9. The third-order valence-corrected chi connectivity index (χ3v) is 2.24. The Hall–Kier alpha value is -2.16. The fourth-order valence-electron chi connectivity index (χ4n) is 1.44. The summed E-state index contributed by atoms with van der Waals surface area (Å²) >= 11 is 0. The quantitative estimate of drug-likeness (QED) is 0.490. The number of nitrogen functional groups attached to an aromatic ring is 1. The van der Waals surface area contributed by atoms with E-state index in [0.29, 0.717) is 11.3 Å². The minimum Gasteiger partial charge on any atom is -0.507 e. The standard InChI is InChI=1S/C12H11NO2/c13-10-7-8(5-6-12(10)15)9-3-1-2-4-11(9)14/h1-7,14-15H,13H2. The molecule has 3 heteroatoms. The van der Waals surface area contributed by atoms with Crippen LogP contribution in [0.1, 0.15) is 0 Å². The Morgan fingerprint density at radius 2 is 1.60 bits per heavy atom. The fourth-order valence-corrected chi connectivity index (χ4v) is 1.44. The molecule has 0 spiro atoms. The largest absolute Gasteiger partial charge is 0.507 e. The van der Waals surface area contributed by atoms with Crippen molar-refractivity contribution >= 4 is 5.69 Å². The number of aromatic hydroxyl groups is 2. The average molecular weight is 201 g/mol. The van der Waals surface area contributed by atoms with Crippen LogP contribution in [0, 0.1) is 0 Å². The van der Waals surface area contributed by atoms with Crippen LogP contribution in [0.2, 0.25) is 0 Å². The minimum atomic E-state index is 0.0502. The molecule has 2 aromatic rings. The molecular weight excluding hydrogens is 190 g/mol. The summed E-state index contributed by atoms with van der Waals surface area (Å²) in [6, 6.07) is 11.8. The average Bonchev–Trinajstić information content (AvgIpc) is 2.23. The molecule has 15 heavy (non-hydrogen) atoms. The van der Waals surface area contributed by atoms with Crippen LogP contribution in [0.5, 0.6) is 11.5 Å². The van der Waals surface area contributed by atoms with Gasteiger partial charge in [0.25, 0.3) is 0 Å². The van der Waals surface area contributed by atoms with Crippen LogP contribution in [0.25, 0.3) is 11.1 Å². The molecule has 0 amide bonds. The molecular formula is C12H11NO2. The first-order valence-corrected chi connectivity index (χ1v) is 4.55. The highest BCUT2D eigenvalue weighted by Gasteiger charge is 2.04. The van der Waals surface area contributed by atoms with Crippen LogP contribution in [0.4, 0.5) is 5.69 Å². The predicted octanol–water partition coefficient (Wildman–Crippen LogP) is 2.35. The number of hydrogen-bond acceptors (Lipinski definition) is 3. The molecule has 0 aliphatic heterocycles. The van der Waals surface area contributed by atoms with Gasteiger partial charge in [-0.3, -0.25) is 0 Å². The highest BCUT2D eigenvalue weighted by Crippen LogP contribution is 2.32. The van der Waals surface area contributed by atoms with Gasteiger partial charge in [0.1, 0.15) is 11.5 Å². The van der Waals surface area contributed by atoms with E-state index in [-0.39, 0.29) is 11.5 Å². The molecule has 4 N–H and O–H groups in total. The Labute approximate surface area is 87.4 Å². The Morgan fingerprint density at radius 1 is 0.867 bits per heavy atom. The number of nitrogens with two attached hydrogens (primary N) is 1. The molecule has 2 rings (SSSR count). The highest BCUT2D eigenvalue weighted by molar-refractivity contribution is 5.74. The van der Waals surface area contributed by atoms with E-state index < -0.39 is 0 Å². The number of hydrogen-bond donors (Lipinski definition) is 3. The molecule has 0 saturated carbocycles. The van der Waals surface area contributed by atoms with Gasteiger partial charge in [-0.2, -0.15) is 0 Å². The lowest BCUT2D eigenvalue weighted by atomic mass is 10.0. The van der Waals surface area contributed by atoms with Crippen molar-refractivity contribution in [3.05, 3.63) is 42.5 Å². The topological polar surface area (TPSA) is 66.5 Å². The second-order valence-electron chi connectivity index (χ2n) is 3.29. The van der Waals surface area contributed by atoms with E-state index in [4.69, 9.17) is 5.73 Å². The van der Waals surface area contributed by atoms with Crippen LogP contribution in [-0.2, 0) is 0 Å². The third-order valence-electron chi connectivity index (χ3n) is 2.24. The molecule has 76 valence electrons. The van der Waals surface area contributed by atoms with Gasteiger partial charge in [-0.05, 0) is 23.8 Å². The zero-order valence-electron chi connectivity index (χ0n) is 8.01. The first kappa shape index (κ1) is 9.40. The SMILES string of the molecule is Nc1cc(-c2ccccc2O)ccc1O. The second kappa shape index (κ2) is 3.53. The van der Waals surface area contributed by atoms with Gasteiger partial charge < -0.3 is 15.9 Å². The van der Waals surface area contributed by atoms with E-state index >= 15 is 0 Å². The first-order chi connectivity index (χ1) is 7.18. The smallest absolute Gasteiger partial charge is 0.138 e. The lowest BCUT2D eigenvalue weighted by molar-refractivity contribution is 0.476. The highest BCUT2D eigenvalue weighted by atomic mass is 16.3. The molecule has 0 fully saturated rings. The summed E-state index contributed by atoms with van der Waals surface area (Å²) in [5.74, 6) is 0.247. The van der Waals surface area contributed by atoms with E-state index in [1.54, 1.807) is 30.3 Å². The molecule has 3 nitrogen and oxygen atoms in total. The molecule has 0 atom stereocenters. The van der Waals surface area contributed by atoms with Crippen molar-refractivity contribution in [1.82, 2.24) is 0 Å². The molecule has 0 bridgehead atoms. The van der Waals surface area contributed by atoms with Gasteiger partial charge in [0, 0.05) is 5.56 Å². The van der Waals surface area contributed by atoms with E-state index in [1.807, 2.05) is 6.07 Å². The monoisotopic (exact) mass is 201 g/mol. The maximum atomic E-state index is 9.62. The summed E-state index contributed by atoms with van der Waals surface area (Å²) < 4.78 is 0. The van der Waals surface area contributed by atoms with Crippen molar-refractivity contribution in [2.24, 2.45) is 0 Å². The van der Waals surface area contributed by atoms with Crippen molar-refractivity contribution in [1.29, 1.82) is 0 Å². The lowest BCUT2D eigenvalue weighted by Gasteiger charge is -2.06. The molecule has 0 saturated heterocycles. The number of benzene rings is 2. The molecule has 0 aromatic heterocycles. The van der Waals surface area contributed by atoms with Crippen LogP contribution in [0.15, 0.2) is 42.5 Å². The molecule has 0 aliphatic carbocycles. The Balaban J connectivity index is 2.55. The Kier molecular flexibility index (Phi) is 2.21. The molecule has 0 unspecified atom stereocenters. The van der Waals surface area contributed by atoms with E-state index in [0.717, 1.165) is 5.56 Å². The maximum Gasteiger partial charge on any atom is 0.138 e. The van der Waals surface area contributed by atoms with Gasteiger partial charge in [-0.1, -0.05) is 24.3 Å². The number of para-hydroxylation sites is 1. The van der Waals surface area contributed by atoms with Crippen molar-refractivity contribution in [3.8, 4) is 22.6 Å². The normalized spacial score (nSPS) is 10.1. The first-order valence-electron chi connectivity index (χ1n) is 4.55. The van der Waals surface area contributed by atoms with E-state index in [2.05, 4.69) is 0 Å². The summed E-state index contributed by atoms with van der Waals surface area (Å²) in [5.41, 5.74) is 7.36. The van der Waals surface area contributed by atoms with Gasteiger partial charge in [-0.25, -0.2) is 0 Å². The molecule has 0 radical (unpaired) electrons. The van der Waals surface area contributed by atoms with Crippen molar-refractivity contribution in [2.75, 3.05) is 5.73 Å². The van der Waals surface area contributed by atoms with Crippen LogP contribution >= 0.6 is 0 Å². The number of rotatable bonds is 1. The van der Waals surface area contributed by atoms with Gasteiger partial charge in [-0.15, -0.1) is 0 Å². The Morgan fingerprint density at radius 3 is 2.27 bits per heavy atom. The van der Waals surface area contributed by atoms with Crippen LogP contribution < -0.4 is 5.73 Å². The van der Waals surface area contributed by atoms with Crippen molar-refractivity contribution in [2.45, 2.75) is 0 Å². The third kappa shape index (κ3) is 1.72. The molecule has 2 aromatic carbocycles. The second-order valence-corrected chi connectivity index (χ2v) is 3.29. The fraction of sp³-hybridized carbons (Fsp3) is 0. The number of anilines is 1. The lowest BCUT2D eigenvalue weighted by Crippen LogP contribution is -1.86. The van der Waals surface area contributed by atoms with Gasteiger partial charge in [0.05, 0.1) is 5.69 Å². The maximum absolute atomic E-state index is 9.62. The van der Waals surface area contributed by atoms with E-state index in [9.17, 15) is 10.2 Å². The summed E-state index contributed by atoms with van der Waals surface area (Å²) in [4.78, 5) is 0. The van der Waals surface area contributed by atoms with Crippen molar-refractivity contribution < 1.29 is 10.2 Å². The van der Waals surface area contributed by atoms with Crippen LogP contribution in [0.3, 0.4) is 0 Å². The molecule has 0 heterocycles. The minimum absolute atomic E-state index is 0.0502. The Bertz CT molecular complexity index is 495. The van der Waals surface area contributed by atoms with E-state index in [1.165, 1.54) is 6.07 Å². The summed E-state index contributed by atoms with van der Waals surface area (Å²) in [6.07, 6.45) is 0. The summed E-state index contributed by atoms with van der Waals surface area (Å²) in [7, 11) is 0. The van der Waals surface area contributed by atoms with Crippen LogP contribution in [-0.4, -0.2) is 10.2 Å². The molecule has 0 aliphatic rings. The zero-order chi connectivity index (χ0) is 10.8. The predicted molar refractivity (Wildman–Crippen MR) is 59.6 cm³/mol. The van der Waals surface area contributed by atoms with Crippen molar-refractivity contribution in [3.63, 3.8) is 0 Å². The summed E-state index contributed by atoms with van der Waals surface area (Å²) in [6.45, 7) is 0. The van der Waals surface area contributed by atoms with Gasteiger partial charge in [0.2, 0.25) is 0 Å². The number of phenols is 2. The number of phenolic OH excluding ortho intramolecular Hbond substituents is 2.